The van der Waals surface area contributed by atoms with Crippen LogP contribution in [0.3, 0.4) is 0 Å². The first-order valence-corrected chi connectivity index (χ1v) is 13.0. The zero-order chi connectivity index (χ0) is 23.6. The van der Waals surface area contributed by atoms with Gasteiger partial charge in [0, 0.05) is 18.0 Å². The zero-order valence-electron chi connectivity index (χ0n) is 18.2. The van der Waals surface area contributed by atoms with E-state index in [1.54, 1.807) is 0 Å². The Balaban J connectivity index is 1.71. The van der Waals surface area contributed by atoms with Gasteiger partial charge in [-0.05, 0) is 35.4 Å². The summed E-state index contributed by atoms with van der Waals surface area (Å²) >= 11 is 1.31. The van der Waals surface area contributed by atoms with Crippen LogP contribution in [0.5, 0.6) is 0 Å². The molecule has 174 valence electrons. The highest BCUT2D eigenvalue weighted by atomic mass is 32.2. The van der Waals surface area contributed by atoms with Crippen molar-refractivity contribution in [2.45, 2.75) is 44.2 Å². The van der Waals surface area contributed by atoms with E-state index in [4.69, 9.17) is 15.1 Å². The minimum Gasteiger partial charge on any atom is -0.297 e. The van der Waals surface area contributed by atoms with Gasteiger partial charge in [0.15, 0.2) is 5.72 Å². The number of hydrogen-bond donors (Lipinski definition) is 2. The van der Waals surface area contributed by atoms with E-state index in [1.165, 1.54) is 23.9 Å². The molecule has 1 unspecified atom stereocenters. The number of aromatic nitrogens is 2. The molecule has 1 saturated carbocycles. The van der Waals surface area contributed by atoms with Crippen LogP contribution in [-0.4, -0.2) is 24.2 Å². The van der Waals surface area contributed by atoms with Crippen LogP contribution in [0.15, 0.2) is 54.3 Å². The van der Waals surface area contributed by atoms with E-state index in [-0.39, 0.29) is 28.9 Å². The number of ketones is 1. The van der Waals surface area contributed by atoms with Crippen LogP contribution < -0.4 is 10.9 Å². The van der Waals surface area contributed by atoms with Crippen LogP contribution in [0.2, 0.25) is 0 Å². The molecule has 0 radical (unpaired) electrons. The molecule has 33 heavy (non-hydrogen) atoms. The van der Waals surface area contributed by atoms with Gasteiger partial charge in [-0.2, -0.15) is 8.42 Å². The molecule has 2 atom stereocenters. The lowest BCUT2D eigenvalue weighted by molar-refractivity contribution is 0.0129. The van der Waals surface area contributed by atoms with Crippen LogP contribution in [0.1, 0.15) is 70.6 Å². The molecule has 8 nitrogen and oxygen atoms in total. The molecule has 0 aliphatic heterocycles. The summed E-state index contributed by atoms with van der Waals surface area (Å²) in [7, 11) is -4.41. The number of rotatable bonds is 8. The van der Waals surface area contributed by atoms with E-state index in [9.17, 15) is 13.2 Å². The lowest BCUT2D eigenvalue weighted by Gasteiger charge is -2.33. The summed E-state index contributed by atoms with van der Waals surface area (Å²) in [5.41, 5.74) is 6.97. The largest absolute Gasteiger partial charge is 0.335 e. The lowest BCUT2D eigenvalue weighted by Crippen LogP contribution is -2.50. The molecule has 0 saturated heterocycles. The zero-order valence-corrected chi connectivity index (χ0v) is 19.8. The average molecular weight is 487 g/mol. The summed E-state index contributed by atoms with van der Waals surface area (Å²) in [5, 5.41) is 7.15. The molecule has 1 aliphatic rings. The number of nitrogens with two attached hydrogens (primary N) is 2. The standard InChI is InChI=1S/C23H26N4O4S2/c1-15(16-7-3-2-4-8-16)17-11-20(32-13-17)21(28)19-12-26-14-27-22(19)23(24,31-33(25,29)30)18-9-5-6-10-18/h2-4,7-8,11-15,18H,5-6,9-10,24H2,1H3,(H2,25,29,30)/t15-,23?/m1/s1. The Morgan fingerprint density at radius 1 is 1.21 bits per heavy atom. The van der Waals surface area contributed by atoms with E-state index in [1.807, 2.05) is 41.8 Å². The van der Waals surface area contributed by atoms with E-state index in [0.29, 0.717) is 17.7 Å². The van der Waals surface area contributed by atoms with Gasteiger partial charge in [-0.1, -0.05) is 50.1 Å². The Hall–Kier alpha value is -2.50. The quantitative estimate of drug-likeness (QED) is 0.367. The van der Waals surface area contributed by atoms with E-state index in [2.05, 4.69) is 16.9 Å². The summed E-state index contributed by atoms with van der Waals surface area (Å²) in [6, 6.07) is 11.8. The second-order valence-corrected chi connectivity index (χ2v) is 10.4. The van der Waals surface area contributed by atoms with Crippen LogP contribution in [-0.2, 0) is 20.2 Å². The average Bonchev–Trinajstić information content (AvgIpc) is 3.50. The van der Waals surface area contributed by atoms with E-state index in [0.717, 1.165) is 24.0 Å². The van der Waals surface area contributed by atoms with Crippen LogP contribution >= 0.6 is 11.3 Å². The molecule has 4 N–H and O–H groups in total. The molecule has 10 heteroatoms. The van der Waals surface area contributed by atoms with Crippen LogP contribution in [0.25, 0.3) is 0 Å². The van der Waals surface area contributed by atoms with Crippen molar-refractivity contribution in [3.05, 3.63) is 81.6 Å². The van der Waals surface area contributed by atoms with Gasteiger partial charge in [0.25, 0.3) is 0 Å². The summed E-state index contributed by atoms with van der Waals surface area (Å²) in [6.07, 6.45) is 5.61. The Morgan fingerprint density at radius 3 is 2.58 bits per heavy atom. The second-order valence-electron chi connectivity index (χ2n) is 8.34. The van der Waals surface area contributed by atoms with Gasteiger partial charge in [0.05, 0.1) is 10.4 Å². The number of hydrogen-bond acceptors (Lipinski definition) is 8. The topological polar surface area (TPSA) is 138 Å². The van der Waals surface area contributed by atoms with Gasteiger partial charge < -0.3 is 0 Å². The molecule has 2 aromatic heterocycles. The molecular formula is C23H26N4O4S2. The summed E-state index contributed by atoms with van der Waals surface area (Å²) in [6.45, 7) is 2.08. The smallest absolute Gasteiger partial charge is 0.297 e. The third kappa shape index (κ3) is 5.04. The van der Waals surface area contributed by atoms with Crippen molar-refractivity contribution in [2.24, 2.45) is 16.8 Å². The monoisotopic (exact) mass is 486 g/mol. The maximum absolute atomic E-state index is 13.5. The normalized spacial score (nSPS) is 17.5. The third-order valence-electron chi connectivity index (χ3n) is 6.19. The Kier molecular flexibility index (Phi) is 6.73. The number of nitrogens with zero attached hydrogens (tertiary/aromatic N) is 2. The van der Waals surface area contributed by atoms with Crippen molar-refractivity contribution in [3.63, 3.8) is 0 Å². The lowest BCUT2D eigenvalue weighted by atomic mass is 9.88. The van der Waals surface area contributed by atoms with Gasteiger partial charge in [-0.3, -0.25) is 10.5 Å². The summed E-state index contributed by atoms with van der Waals surface area (Å²) in [4.78, 5) is 22.2. The summed E-state index contributed by atoms with van der Waals surface area (Å²) in [5.74, 6) is -0.587. The molecule has 0 spiro atoms. The Labute approximate surface area is 197 Å². The molecule has 1 aliphatic carbocycles. The first-order chi connectivity index (χ1) is 15.7. The highest BCUT2D eigenvalue weighted by Gasteiger charge is 2.46. The number of carbonyl (C=O) groups excluding carboxylic acids is 1. The molecule has 0 amide bonds. The van der Waals surface area contributed by atoms with Gasteiger partial charge in [0.1, 0.15) is 12.0 Å². The highest BCUT2D eigenvalue weighted by Crippen LogP contribution is 2.41. The van der Waals surface area contributed by atoms with E-state index < -0.39 is 16.0 Å². The van der Waals surface area contributed by atoms with Gasteiger partial charge in [-0.15, -0.1) is 11.3 Å². The first-order valence-electron chi connectivity index (χ1n) is 10.7. The van der Waals surface area contributed by atoms with Crippen molar-refractivity contribution in [2.75, 3.05) is 0 Å². The third-order valence-corrected chi connectivity index (χ3v) is 7.64. The minimum atomic E-state index is -4.41. The minimum absolute atomic E-state index is 0.0366. The van der Waals surface area contributed by atoms with Gasteiger partial charge >= 0.3 is 10.3 Å². The molecule has 0 bridgehead atoms. The van der Waals surface area contributed by atoms with Crippen molar-refractivity contribution < 1.29 is 17.4 Å². The van der Waals surface area contributed by atoms with Crippen molar-refractivity contribution in [1.29, 1.82) is 0 Å². The van der Waals surface area contributed by atoms with Crippen LogP contribution in [0.4, 0.5) is 0 Å². The fourth-order valence-corrected chi connectivity index (χ4v) is 5.97. The fourth-order valence-electron chi connectivity index (χ4n) is 4.42. The predicted octanol–water partition coefficient (Wildman–Crippen LogP) is 3.44. The van der Waals surface area contributed by atoms with E-state index >= 15 is 0 Å². The molecule has 2 heterocycles. The molecular weight excluding hydrogens is 460 g/mol. The van der Waals surface area contributed by atoms with Crippen LogP contribution in [0, 0.1) is 5.92 Å². The number of benzene rings is 1. The summed E-state index contributed by atoms with van der Waals surface area (Å²) < 4.78 is 29.0. The molecule has 3 aromatic rings. The highest BCUT2D eigenvalue weighted by molar-refractivity contribution is 7.84. The molecule has 4 rings (SSSR count). The van der Waals surface area contributed by atoms with Crippen molar-refractivity contribution >= 4 is 27.4 Å². The molecule has 1 aromatic carbocycles. The van der Waals surface area contributed by atoms with Crippen molar-refractivity contribution in [1.82, 2.24) is 9.97 Å². The Morgan fingerprint density at radius 2 is 1.91 bits per heavy atom. The Bertz CT molecular complexity index is 1240. The second kappa shape index (κ2) is 9.40. The molecule has 1 fully saturated rings. The maximum Gasteiger partial charge on any atom is 0.335 e. The first kappa shape index (κ1) is 23.7. The van der Waals surface area contributed by atoms with Gasteiger partial charge in [-0.25, -0.2) is 19.3 Å². The number of carbonyl (C=O) groups is 1. The van der Waals surface area contributed by atoms with Gasteiger partial charge in [0.2, 0.25) is 5.78 Å². The number of thiophene rings is 1. The maximum atomic E-state index is 13.5. The van der Waals surface area contributed by atoms with Crippen molar-refractivity contribution in [3.8, 4) is 0 Å². The predicted molar refractivity (Wildman–Crippen MR) is 126 cm³/mol. The fraction of sp³-hybridized carbons (Fsp3) is 0.348. The SMILES string of the molecule is C[C@H](c1ccccc1)c1csc(C(=O)c2cncnc2C(N)(OS(N)(=O)=O)C2CCCC2)c1.